The topological polar surface area (TPSA) is 53.1 Å². The molecule has 0 bridgehead atoms. The third-order valence-corrected chi connectivity index (χ3v) is 3.71. The molecule has 1 aliphatic rings. The summed E-state index contributed by atoms with van der Waals surface area (Å²) in [5.41, 5.74) is 5.83. The van der Waals surface area contributed by atoms with E-state index >= 15 is 0 Å². The van der Waals surface area contributed by atoms with Crippen LogP contribution in [0.1, 0.15) is 46.5 Å². The van der Waals surface area contributed by atoms with Crippen LogP contribution < -0.4 is 5.73 Å². The summed E-state index contributed by atoms with van der Waals surface area (Å²) in [6.07, 6.45) is 3.88. The zero-order chi connectivity index (χ0) is 12.2. The van der Waals surface area contributed by atoms with Crippen molar-refractivity contribution in [2.45, 2.75) is 52.0 Å². The van der Waals surface area contributed by atoms with Crippen LogP contribution in [-0.2, 0) is 0 Å². The van der Waals surface area contributed by atoms with E-state index in [0.29, 0.717) is 5.41 Å². The third kappa shape index (κ3) is 3.77. The predicted octanol–water partition coefficient (Wildman–Crippen LogP) is 2.13. The van der Waals surface area contributed by atoms with Crippen LogP contribution in [-0.4, -0.2) is 30.1 Å². The average Bonchev–Trinajstić information content (AvgIpc) is 2.58. The fourth-order valence-corrected chi connectivity index (χ4v) is 2.34. The molecule has 0 saturated carbocycles. The first-order chi connectivity index (χ1) is 7.41. The Labute approximate surface area is 99.6 Å². The minimum Gasteiger partial charge on any atom is -0.313 e. The molecule has 1 saturated heterocycles. The van der Waals surface area contributed by atoms with Crippen LogP contribution >= 0.6 is 0 Å². The van der Waals surface area contributed by atoms with Crippen LogP contribution in [0, 0.1) is 16.7 Å². The SMILES string of the molecule is CCC(N)(C#N)CCCN1CCC(C)(C)C1. The van der Waals surface area contributed by atoms with Gasteiger partial charge in [-0.1, -0.05) is 20.8 Å². The molecule has 1 rings (SSSR count). The van der Waals surface area contributed by atoms with Gasteiger partial charge < -0.3 is 10.6 Å². The van der Waals surface area contributed by atoms with Gasteiger partial charge in [0, 0.05) is 6.54 Å². The summed E-state index contributed by atoms with van der Waals surface area (Å²) in [7, 11) is 0. The molecule has 3 nitrogen and oxygen atoms in total. The van der Waals surface area contributed by atoms with E-state index in [1.165, 1.54) is 19.5 Å². The van der Waals surface area contributed by atoms with Crippen molar-refractivity contribution < 1.29 is 0 Å². The minimum absolute atomic E-state index is 0.472. The van der Waals surface area contributed by atoms with E-state index in [1.54, 1.807) is 0 Å². The van der Waals surface area contributed by atoms with Crippen molar-refractivity contribution in [2.24, 2.45) is 11.1 Å². The van der Waals surface area contributed by atoms with E-state index in [4.69, 9.17) is 11.0 Å². The summed E-state index contributed by atoms with van der Waals surface area (Å²) >= 11 is 0. The Morgan fingerprint density at radius 3 is 2.62 bits per heavy atom. The van der Waals surface area contributed by atoms with Gasteiger partial charge in [-0.2, -0.15) is 5.26 Å². The Balaban J connectivity index is 2.25. The highest BCUT2D eigenvalue weighted by molar-refractivity contribution is 5.03. The molecule has 0 aromatic rings. The largest absolute Gasteiger partial charge is 0.313 e. The van der Waals surface area contributed by atoms with Gasteiger partial charge >= 0.3 is 0 Å². The maximum atomic E-state index is 8.97. The number of likely N-dealkylation sites (tertiary alicyclic amines) is 1. The van der Waals surface area contributed by atoms with Crippen LogP contribution in [0.15, 0.2) is 0 Å². The number of nitrogens with zero attached hydrogens (tertiary/aromatic N) is 2. The van der Waals surface area contributed by atoms with Crippen molar-refractivity contribution in [3.63, 3.8) is 0 Å². The van der Waals surface area contributed by atoms with E-state index in [0.717, 1.165) is 25.8 Å². The number of hydrogen-bond acceptors (Lipinski definition) is 3. The molecule has 1 atom stereocenters. The quantitative estimate of drug-likeness (QED) is 0.777. The molecule has 0 radical (unpaired) electrons. The second-order valence-electron chi connectivity index (χ2n) is 5.92. The first kappa shape index (κ1) is 13.5. The summed E-state index contributed by atoms with van der Waals surface area (Å²) in [6.45, 7) is 10.1. The van der Waals surface area contributed by atoms with Crippen LogP contribution in [0.4, 0.5) is 0 Å². The summed E-state index contributed by atoms with van der Waals surface area (Å²) in [5, 5.41) is 8.97. The molecule has 1 unspecified atom stereocenters. The van der Waals surface area contributed by atoms with Crippen LogP contribution in [0.2, 0.25) is 0 Å². The second-order valence-corrected chi connectivity index (χ2v) is 5.92. The number of nitrogens with two attached hydrogens (primary N) is 1. The number of rotatable bonds is 5. The van der Waals surface area contributed by atoms with E-state index in [-0.39, 0.29) is 0 Å². The maximum absolute atomic E-state index is 8.97. The van der Waals surface area contributed by atoms with E-state index in [9.17, 15) is 0 Å². The van der Waals surface area contributed by atoms with Gasteiger partial charge in [-0.15, -0.1) is 0 Å². The smallest absolute Gasteiger partial charge is 0.104 e. The Bertz CT molecular complexity index is 267. The van der Waals surface area contributed by atoms with Gasteiger partial charge in [0.15, 0.2) is 0 Å². The van der Waals surface area contributed by atoms with Gasteiger partial charge in [0.25, 0.3) is 0 Å². The van der Waals surface area contributed by atoms with Crippen molar-refractivity contribution in [3.8, 4) is 6.07 Å². The van der Waals surface area contributed by atoms with Gasteiger partial charge in [0.05, 0.1) is 6.07 Å². The van der Waals surface area contributed by atoms with Crippen LogP contribution in [0.5, 0.6) is 0 Å². The standard InChI is InChI=1S/C13H25N3/c1-4-13(15,10-14)6-5-8-16-9-7-12(2,3)11-16/h4-9,11,15H2,1-3H3. The number of hydrogen-bond donors (Lipinski definition) is 1. The Morgan fingerprint density at radius 2 is 2.19 bits per heavy atom. The second kappa shape index (κ2) is 5.16. The van der Waals surface area contributed by atoms with Crippen LogP contribution in [0.25, 0.3) is 0 Å². The fourth-order valence-electron chi connectivity index (χ4n) is 2.34. The molecule has 3 heteroatoms. The lowest BCUT2D eigenvalue weighted by atomic mass is 9.93. The highest BCUT2D eigenvalue weighted by Crippen LogP contribution is 2.29. The molecule has 16 heavy (non-hydrogen) atoms. The molecular formula is C13H25N3. The molecule has 0 aromatic heterocycles. The zero-order valence-electron chi connectivity index (χ0n) is 10.9. The molecule has 0 spiro atoms. The molecule has 1 aliphatic heterocycles. The lowest BCUT2D eigenvalue weighted by Gasteiger charge is -2.22. The summed E-state index contributed by atoms with van der Waals surface area (Å²) in [6, 6.07) is 2.23. The average molecular weight is 223 g/mol. The Hall–Kier alpha value is -0.590. The summed E-state index contributed by atoms with van der Waals surface area (Å²) < 4.78 is 0. The summed E-state index contributed by atoms with van der Waals surface area (Å²) in [5.74, 6) is 0. The molecule has 0 aromatic carbocycles. The monoisotopic (exact) mass is 223 g/mol. The van der Waals surface area contributed by atoms with Gasteiger partial charge in [-0.3, -0.25) is 0 Å². The highest BCUT2D eigenvalue weighted by atomic mass is 15.1. The molecule has 0 amide bonds. The van der Waals surface area contributed by atoms with Crippen molar-refractivity contribution in [2.75, 3.05) is 19.6 Å². The van der Waals surface area contributed by atoms with Crippen molar-refractivity contribution in [3.05, 3.63) is 0 Å². The van der Waals surface area contributed by atoms with Gasteiger partial charge in [0.2, 0.25) is 0 Å². The molecule has 92 valence electrons. The third-order valence-electron chi connectivity index (χ3n) is 3.71. The van der Waals surface area contributed by atoms with E-state index < -0.39 is 5.54 Å². The van der Waals surface area contributed by atoms with Crippen LogP contribution in [0.3, 0.4) is 0 Å². The number of nitriles is 1. The molecule has 1 heterocycles. The normalized spacial score (nSPS) is 23.9. The maximum Gasteiger partial charge on any atom is 0.104 e. The van der Waals surface area contributed by atoms with Crippen molar-refractivity contribution in [1.82, 2.24) is 4.90 Å². The van der Waals surface area contributed by atoms with Crippen molar-refractivity contribution >= 4 is 0 Å². The van der Waals surface area contributed by atoms with Gasteiger partial charge in [-0.25, -0.2) is 0 Å². The van der Waals surface area contributed by atoms with Crippen molar-refractivity contribution in [1.29, 1.82) is 5.26 Å². The molecule has 2 N–H and O–H groups in total. The zero-order valence-corrected chi connectivity index (χ0v) is 10.9. The Morgan fingerprint density at radius 1 is 1.50 bits per heavy atom. The fraction of sp³-hybridized carbons (Fsp3) is 0.923. The highest BCUT2D eigenvalue weighted by Gasteiger charge is 2.29. The lowest BCUT2D eigenvalue weighted by Crippen LogP contribution is -2.38. The first-order valence-corrected chi connectivity index (χ1v) is 6.33. The first-order valence-electron chi connectivity index (χ1n) is 6.33. The lowest BCUT2D eigenvalue weighted by molar-refractivity contribution is 0.277. The van der Waals surface area contributed by atoms with Gasteiger partial charge in [0.1, 0.15) is 5.54 Å². The molecule has 1 fully saturated rings. The summed E-state index contributed by atoms with van der Waals surface area (Å²) in [4.78, 5) is 2.49. The van der Waals surface area contributed by atoms with Gasteiger partial charge in [-0.05, 0) is 44.2 Å². The Kier molecular flexibility index (Phi) is 4.35. The van der Waals surface area contributed by atoms with E-state index in [1.807, 2.05) is 6.92 Å². The van der Waals surface area contributed by atoms with E-state index in [2.05, 4.69) is 24.8 Å². The molecular weight excluding hydrogens is 198 g/mol. The predicted molar refractivity (Wildman–Crippen MR) is 66.9 cm³/mol. The molecule has 0 aliphatic carbocycles. The minimum atomic E-state index is -0.602.